The van der Waals surface area contributed by atoms with Crippen LogP contribution >= 0.6 is 11.3 Å². The smallest absolute Gasteiger partial charge is 0.163 e. The van der Waals surface area contributed by atoms with Gasteiger partial charge < -0.3 is 4.42 Å². The maximum Gasteiger partial charge on any atom is 0.163 e. The van der Waals surface area contributed by atoms with Gasteiger partial charge in [-0.15, -0.1) is 11.3 Å². The summed E-state index contributed by atoms with van der Waals surface area (Å²) in [5, 5.41) is 7.72. The van der Waals surface area contributed by atoms with E-state index in [1.54, 1.807) is 17.5 Å². The zero-order chi connectivity index (χ0) is 13.5. The van der Waals surface area contributed by atoms with E-state index >= 15 is 0 Å². The molecule has 0 aliphatic carbocycles. The third-order valence-corrected chi connectivity index (χ3v) is 4.18. The van der Waals surface area contributed by atoms with Crippen LogP contribution in [0, 0.1) is 6.92 Å². The molecule has 0 saturated carbocycles. The number of thiazole rings is 1. The summed E-state index contributed by atoms with van der Waals surface area (Å²) < 4.78 is 7.02. The molecule has 0 bridgehead atoms. The highest BCUT2D eigenvalue weighted by molar-refractivity contribution is 7.21. The quantitative estimate of drug-likeness (QED) is 0.597. The largest absolute Gasteiger partial charge is 0.452 e. The van der Waals surface area contributed by atoms with Gasteiger partial charge in [-0.3, -0.25) is 5.10 Å². The molecule has 5 heteroatoms. The van der Waals surface area contributed by atoms with Gasteiger partial charge in [0.15, 0.2) is 16.5 Å². The van der Waals surface area contributed by atoms with E-state index in [4.69, 9.17) is 4.42 Å². The van der Waals surface area contributed by atoms with E-state index < -0.39 is 0 Å². The second-order valence-electron chi connectivity index (χ2n) is 4.62. The Labute approximate surface area is 119 Å². The Kier molecular flexibility index (Phi) is 2.47. The molecule has 4 nitrogen and oxygen atoms in total. The minimum absolute atomic E-state index is 0.771. The van der Waals surface area contributed by atoms with Gasteiger partial charge in [-0.1, -0.05) is 6.07 Å². The zero-order valence-electron chi connectivity index (χ0n) is 10.8. The molecule has 20 heavy (non-hydrogen) atoms. The molecule has 98 valence electrons. The SMILES string of the molecule is Cc1ccc2sc(-c3ccc(-c4ccn[nH]4)o3)nc2c1. The molecule has 0 saturated heterocycles. The number of nitrogens with zero attached hydrogens (tertiary/aromatic N) is 2. The van der Waals surface area contributed by atoms with E-state index in [-0.39, 0.29) is 0 Å². The Morgan fingerprint density at radius 2 is 2.00 bits per heavy atom. The maximum atomic E-state index is 5.85. The normalized spacial score (nSPS) is 11.2. The zero-order valence-corrected chi connectivity index (χ0v) is 11.6. The average molecular weight is 281 g/mol. The average Bonchev–Trinajstić information content (AvgIpc) is 3.17. The van der Waals surface area contributed by atoms with E-state index in [1.165, 1.54) is 10.3 Å². The molecule has 0 fully saturated rings. The van der Waals surface area contributed by atoms with Crippen LogP contribution in [-0.2, 0) is 0 Å². The topological polar surface area (TPSA) is 54.7 Å². The first-order valence-corrected chi connectivity index (χ1v) is 7.08. The van der Waals surface area contributed by atoms with Crippen molar-refractivity contribution in [1.29, 1.82) is 0 Å². The molecule has 3 aromatic heterocycles. The number of aromatic amines is 1. The lowest BCUT2D eigenvalue weighted by Crippen LogP contribution is -1.74. The summed E-state index contributed by atoms with van der Waals surface area (Å²) in [6, 6.07) is 12.0. The first-order chi connectivity index (χ1) is 9.79. The number of H-pyrrole nitrogens is 1. The lowest BCUT2D eigenvalue weighted by atomic mass is 10.2. The van der Waals surface area contributed by atoms with Crippen LogP contribution in [-0.4, -0.2) is 15.2 Å². The van der Waals surface area contributed by atoms with Gasteiger partial charge in [-0.25, -0.2) is 4.98 Å². The maximum absolute atomic E-state index is 5.85. The highest BCUT2D eigenvalue weighted by atomic mass is 32.1. The lowest BCUT2D eigenvalue weighted by molar-refractivity contribution is 0.594. The molecule has 0 spiro atoms. The Bertz CT molecular complexity index is 874. The van der Waals surface area contributed by atoms with Gasteiger partial charge in [0, 0.05) is 6.20 Å². The summed E-state index contributed by atoms with van der Waals surface area (Å²) in [7, 11) is 0. The van der Waals surface area contributed by atoms with Crippen molar-refractivity contribution in [3.05, 3.63) is 48.2 Å². The number of furan rings is 1. The Morgan fingerprint density at radius 1 is 1.10 bits per heavy atom. The molecule has 0 amide bonds. The summed E-state index contributed by atoms with van der Waals surface area (Å²) in [5.74, 6) is 1.56. The van der Waals surface area contributed by atoms with Crippen LogP contribution < -0.4 is 0 Å². The molecule has 4 aromatic rings. The molecule has 0 aliphatic rings. The molecule has 0 aliphatic heterocycles. The molecule has 1 aromatic carbocycles. The lowest BCUT2D eigenvalue weighted by Gasteiger charge is -1.90. The fraction of sp³-hybridized carbons (Fsp3) is 0.0667. The fourth-order valence-electron chi connectivity index (χ4n) is 2.13. The van der Waals surface area contributed by atoms with Crippen LogP contribution in [0.3, 0.4) is 0 Å². The van der Waals surface area contributed by atoms with E-state index in [0.717, 1.165) is 27.7 Å². The third-order valence-electron chi connectivity index (χ3n) is 3.13. The van der Waals surface area contributed by atoms with Crippen molar-refractivity contribution in [2.75, 3.05) is 0 Å². The van der Waals surface area contributed by atoms with E-state index in [0.29, 0.717) is 0 Å². The van der Waals surface area contributed by atoms with Gasteiger partial charge in [-0.05, 0) is 42.8 Å². The predicted molar refractivity (Wildman–Crippen MR) is 79.6 cm³/mol. The number of nitrogens with one attached hydrogen (secondary N) is 1. The summed E-state index contributed by atoms with van der Waals surface area (Å²) in [4.78, 5) is 4.64. The first kappa shape index (κ1) is 11.4. The minimum Gasteiger partial charge on any atom is -0.452 e. The van der Waals surface area contributed by atoms with Crippen molar-refractivity contribution >= 4 is 21.6 Å². The third kappa shape index (κ3) is 1.83. The number of fused-ring (bicyclic) bond motifs is 1. The molecule has 4 rings (SSSR count). The van der Waals surface area contributed by atoms with Crippen LogP contribution in [0.4, 0.5) is 0 Å². The van der Waals surface area contributed by atoms with Gasteiger partial charge in [-0.2, -0.15) is 5.10 Å². The number of rotatable bonds is 2. The van der Waals surface area contributed by atoms with Crippen molar-refractivity contribution in [2.45, 2.75) is 6.92 Å². The molecule has 0 radical (unpaired) electrons. The predicted octanol–water partition coefficient (Wildman–Crippen LogP) is 4.25. The van der Waals surface area contributed by atoms with Gasteiger partial charge in [0.25, 0.3) is 0 Å². The molecule has 1 N–H and O–H groups in total. The van der Waals surface area contributed by atoms with Gasteiger partial charge in [0.1, 0.15) is 5.69 Å². The number of hydrogen-bond donors (Lipinski definition) is 1. The monoisotopic (exact) mass is 281 g/mol. The van der Waals surface area contributed by atoms with Crippen molar-refractivity contribution in [3.63, 3.8) is 0 Å². The molecular weight excluding hydrogens is 270 g/mol. The first-order valence-electron chi connectivity index (χ1n) is 6.27. The van der Waals surface area contributed by atoms with E-state index in [2.05, 4.69) is 40.3 Å². The standard InChI is InChI=1S/C15H11N3OS/c1-9-2-5-14-11(8-9)17-15(20-14)13-4-3-12(19-13)10-6-7-16-18-10/h2-8H,1H3,(H,16,18). The summed E-state index contributed by atoms with van der Waals surface area (Å²) in [5.41, 5.74) is 3.10. The molecular formula is C15H11N3OS. The number of hydrogen-bond acceptors (Lipinski definition) is 4. The van der Waals surface area contributed by atoms with Crippen LogP contribution in [0.15, 0.2) is 47.0 Å². The molecule has 0 atom stereocenters. The summed E-state index contributed by atoms with van der Waals surface area (Å²) in [6.07, 6.45) is 1.71. The Balaban J connectivity index is 1.79. The minimum atomic E-state index is 0.771. The van der Waals surface area contributed by atoms with Crippen LogP contribution in [0.25, 0.3) is 32.4 Å². The van der Waals surface area contributed by atoms with Crippen molar-refractivity contribution in [1.82, 2.24) is 15.2 Å². The second-order valence-corrected chi connectivity index (χ2v) is 5.66. The highest BCUT2D eigenvalue weighted by Gasteiger charge is 2.12. The molecule has 0 unspecified atom stereocenters. The highest BCUT2D eigenvalue weighted by Crippen LogP contribution is 2.33. The van der Waals surface area contributed by atoms with Crippen LogP contribution in [0.5, 0.6) is 0 Å². The van der Waals surface area contributed by atoms with Crippen LogP contribution in [0.1, 0.15) is 5.56 Å². The molecule has 3 heterocycles. The van der Waals surface area contributed by atoms with Gasteiger partial charge in [0.2, 0.25) is 0 Å². The summed E-state index contributed by atoms with van der Waals surface area (Å²) in [6.45, 7) is 2.07. The second kappa shape index (κ2) is 4.31. The Hall–Kier alpha value is -2.40. The van der Waals surface area contributed by atoms with Crippen molar-refractivity contribution in [3.8, 4) is 22.2 Å². The number of aryl methyl sites for hydroxylation is 1. The van der Waals surface area contributed by atoms with E-state index in [9.17, 15) is 0 Å². The Morgan fingerprint density at radius 3 is 2.85 bits per heavy atom. The number of aromatic nitrogens is 3. The van der Waals surface area contributed by atoms with Crippen molar-refractivity contribution < 1.29 is 4.42 Å². The van der Waals surface area contributed by atoms with Crippen molar-refractivity contribution in [2.24, 2.45) is 0 Å². The van der Waals surface area contributed by atoms with Gasteiger partial charge >= 0.3 is 0 Å². The number of benzene rings is 1. The van der Waals surface area contributed by atoms with E-state index in [1.807, 2.05) is 18.2 Å². The van der Waals surface area contributed by atoms with Gasteiger partial charge in [0.05, 0.1) is 10.2 Å². The summed E-state index contributed by atoms with van der Waals surface area (Å²) >= 11 is 1.64. The fourth-order valence-corrected chi connectivity index (χ4v) is 3.04. The van der Waals surface area contributed by atoms with Crippen LogP contribution in [0.2, 0.25) is 0 Å².